The highest BCUT2D eigenvalue weighted by Crippen LogP contribution is 2.07. The SMILES string of the molecule is CC(C)N(CC(CN(C)C)NC(=O)Cc1ccccc1)C(C)C. The van der Waals surface area contributed by atoms with Crippen molar-refractivity contribution in [3.05, 3.63) is 35.9 Å². The number of amides is 1. The Labute approximate surface area is 141 Å². The van der Waals surface area contributed by atoms with Crippen LogP contribution in [0.4, 0.5) is 0 Å². The molecule has 1 aromatic rings. The first-order valence-corrected chi connectivity index (χ1v) is 8.53. The molecule has 0 saturated carbocycles. The number of hydrogen-bond acceptors (Lipinski definition) is 3. The van der Waals surface area contributed by atoms with Crippen LogP contribution in [0.1, 0.15) is 33.3 Å². The lowest BCUT2D eigenvalue weighted by atomic mass is 10.1. The molecule has 0 saturated heterocycles. The molecule has 23 heavy (non-hydrogen) atoms. The van der Waals surface area contributed by atoms with Crippen molar-refractivity contribution in [3.8, 4) is 0 Å². The van der Waals surface area contributed by atoms with E-state index in [0.29, 0.717) is 18.5 Å². The van der Waals surface area contributed by atoms with Crippen LogP contribution < -0.4 is 5.32 Å². The highest BCUT2D eigenvalue weighted by Gasteiger charge is 2.21. The fourth-order valence-corrected chi connectivity index (χ4v) is 2.92. The zero-order valence-corrected chi connectivity index (χ0v) is 15.5. The molecule has 0 fully saturated rings. The van der Waals surface area contributed by atoms with E-state index < -0.39 is 0 Å². The van der Waals surface area contributed by atoms with E-state index in [2.05, 4.69) is 42.8 Å². The summed E-state index contributed by atoms with van der Waals surface area (Å²) in [6.45, 7) is 10.5. The van der Waals surface area contributed by atoms with Crippen molar-refractivity contribution in [1.29, 1.82) is 0 Å². The smallest absolute Gasteiger partial charge is 0.224 e. The second kappa shape index (κ2) is 9.68. The van der Waals surface area contributed by atoms with Crippen molar-refractivity contribution in [1.82, 2.24) is 15.1 Å². The minimum atomic E-state index is 0.0931. The maximum atomic E-state index is 12.4. The van der Waals surface area contributed by atoms with Gasteiger partial charge in [-0.1, -0.05) is 30.3 Å². The molecule has 0 spiro atoms. The van der Waals surface area contributed by atoms with Crippen molar-refractivity contribution in [3.63, 3.8) is 0 Å². The van der Waals surface area contributed by atoms with E-state index in [0.717, 1.165) is 18.7 Å². The van der Waals surface area contributed by atoms with E-state index in [4.69, 9.17) is 0 Å². The van der Waals surface area contributed by atoms with Crippen LogP contribution in [-0.2, 0) is 11.2 Å². The number of nitrogens with one attached hydrogen (secondary N) is 1. The Bertz CT molecular complexity index is 449. The van der Waals surface area contributed by atoms with Gasteiger partial charge < -0.3 is 10.2 Å². The molecule has 1 rings (SSSR count). The first kappa shape index (κ1) is 19.7. The lowest BCUT2D eigenvalue weighted by Gasteiger charge is -2.35. The maximum absolute atomic E-state index is 12.4. The first-order chi connectivity index (χ1) is 10.8. The van der Waals surface area contributed by atoms with Crippen LogP contribution in [-0.4, -0.2) is 61.0 Å². The van der Waals surface area contributed by atoms with Crippen LogP contribution in [0.2, 0.25) is 0 Å². The van der Waals surface area contributed by atoms with E-state index in [1.807, 2.05) is 44.4 Å². The number of hydrogen-bond donors (Lipinski definition) is 1. The van der Waals surface area contributed by atoms with Gasteiger partial charge in [-0.2, -0.15) is 0 Å². The minimum absolute atomic E-state index is 0.0931. The molecular weight excluding hydrogens is 286 g/mol. The Morgan fingerprint density at radius 3 is 2.04 bits per heavy atom. The lowest BCUT2D eigenvalue weighted by Crippen LogP contribution is -2.52. The lowest BCUT2D eigenvalue weighted by molar-refractivity contribution is -0.121. The normalized spacial score (nSPS) is 13.1. The van der Waals surface area contributed by atoms with Crippen molar-refractivity contribution < 1.29 is 4.79 Å². The topological polar surface area (TPSA) is 35.6 Å². The second-order valence-electron chi connectivity index (χ2n) is 7.07. The molecule has 1 unspecified atom stereocenters. The molecule has 1 N–H and O–H groups in total. The van der Waals surface area contributed by atoms with E-state index in [1.54, 1.807) is 0 Å². The van der Waals surface area contributed by atoms with E-state index in [9.17, 15) is 4.79 Å². The average Bonchev–Trinajstić information content (AvgIpc) is 2.44. The van der Waals surface area contributed by atoms with Gasteiger partial charge in [-0.15, -0.1) is 0 Å². The predicted molar refractivity (Wildman–Crippen MR) is 97.6 cm³/mol. The highest BCUT2D eigenvalue weighted by molar-refractivity contribution is 5.78. The van der Waals surface area contributed by atoms with Gasteiger partial charge in [0.05, 0.1) is 12.5 Å². The molecule has 0 bridgehead atoms. The molecule has 1 atom stereocenters. The van der Waals surface area contributed by atoms with Gasteiger partial charge in [-0.3, -0.25) is 9.69 Å². The van der Waals surface area contributed by atoms with Crippen molar-refractivity contribution >= 4 is 5.91 Å². The fourth-order valence-electron chi connectivity index (χ4n) is 2.92. The van der Waals surface area contributed by atoms with Gasteiger partial charge in [0, 0.05) is 25.2 Å². The van der Waals surface area contributed by atoms with Gasteiger partial charge in [0.2, 0.25) is 5.91 Å². The molecular formula is C19H33N3O. The summed E-state index contributed by atoms with van der Waals surface area (Å²) in [5, 5.41) is 3.21. The van der Waals surface area contributed by atoms with Gasteiger partial charge in [-0.05, 0) is 47.4 Å². The molecule has 0 aliphatic heterocycles. The van der Waals surface area contributed by atoms with E-state index in [-0.39, 0.29) is 11.9 Å². The third-order valence-electron chi connectivity index (χ3n) is 3.92. The second-order valence-corrected chi connectivity index (χ2v) is 7.07. The Morgan fingerprint density at radius 2 is 1.57 bits per heavy atom. The molecule has 0 radical (unpaired) electrons. The summed E-state index contributed by atoms with van der Waals surface area (Å²) in [5.74, 6) is 0.0931. The van der Waals surface area contributed by atoms with Crippen LogP contribution in [0.3, 0.4) is 0 Å². The third-order valence-corrected chi connectivity index (χ3v) is 3.92. The molecule has 1 aromatic carbocycles. The molecule has 4 nitrogen and oxygen atoms in total. The number of likely N-dealkylation sites (N-methyl/N-ethyl adjacent to an activating group) is 1. The fraction of sp³-hybridized carbons (Fsp3) is 0.632. The Morgan fingerprint density at radius 1 is 1.00 bits per heavy atom. The summed E-state index contributed by atoms with van der Waals surface area (Å²) in [5.41, 5.74) is 1.05. The van der Waals surface area contributed by atoms with Crippen LogP contribution >= 0.6 is 0 Å². The number of rotatable bonds is 9. The number of carbonyl (C=O) groups is 1. The Hall–Kier alpha value is -1.39. The van der Waals surface area contributed by atoms with Gasteiger partial charge in [0.1, 0.15) is 0 Å². The average molecular weight is 319 g/mol. The van der Waals surface area contributed by atoms with Crippen LogP contribution in [0.25, 0.3) is 0 Å². The number of carbonyl (C=O) groups excluding carboxylic acids is 1. The standard InChI is InChI=1S/C19H33N3O/c1-15(2)22(16(3)4)14-18(13-21(5)6)20-19(23)12-17-10-8-7-9-11-17/h7-11,15-16,18H,12-14H2,1-6H3,(H,20,23). The van der Waals surface area contributed by atoms with Gasteiger partial charge in [0.15, 0.2) is 0 Å². The van der Waals surface area contributed by atoms with Gasteiger partial charge in [0.25, 0.3) is 0 Å². The maximum Gasteiger partial charge on any atom is 0.224 e. The van der Waals surface area contributed by atoms with E-state index >= 15 is 0 Å². The van der Waals surface area contributed by atoms with Gasteiger partial charge >= 0.3 is 0 Å². The van der Waals surface area contributed by atoms with Crippen molar-refractivity contribution in [2.45, 2.75) is 52.2 Å². The van der Waals surface area contributed by atoms with Crippen molar-refractivity contribution in [2.75, 3.05) is 27.2 Å². The number of benzene rings is 1. The third kappa shape index (κ3) is 7.62. The zero-order valence-electron chi connectivity index (χ0n) is 15.5. The monoisotopic (exact) mass is 319 g/mol. The Balaban J connectivity index is 2.68. The van der Waals surface area contributed by atoms with E-state index in [1.165, 1.54) is 0 Å². The summed E-state index contributed by atoms with van der Waals surface area (Å²) in [4.78, 5) is 16.9. The molecule has 130 valence electrons. The summed E-state index contributed by atoms with van der Waals surface area (Å²) in [7, 11) is 4.09. The summed E-state index contributed by atoms with van der Waals surface area (Å²) >= 11 is 0. The quantitative estimate of drug-likeness (QED) is 0.759. The first-order valence-electron chi connectivity index (χ1n) is 8.53. The van der Waals surface area contributed by atoms with Crippen molar-refractivity contribution in [2.24, 2.45) is 0 Å². The summed E-state index contributed by atoms with van der Waals surface area (Å²) in [6, 6.07) is 11.0. The Kier molecular flexibility index (Phi) is 8.28. The minimum Gasteiger partial charge on any atom is -0.350 e. The zero-order chi connectivity index (χ0) is 17.4. The van der Waals surface area contributed by atoms with Crippen LogP contribution in [0.15, 0.2) is 30.3 Å². The highest BCUT2D eigenvalue weighted by atomic mass is 16.1. The predicted octanol–water partition coefficient (Wildman–Crippen LogP) is 2.39. The molecule has 0 aliphatic carbocycles. The number of nitrogens with zero attached hydrogens (tertiary/aromatic N) is 2. The molecule has 0 aromatic heterocycles. The van der Waals surface area contributed by atoms with Crippen LogP contribution in [0, 0.1) is 0 Å². The summed E-state index contributed by atoms with van der Waals surface area (Å²) < 4.78 is 0. The summed E-state index contributed by atoms with van der Waals surface area (Å²) in [6.07, 6.45) is 0.439. The molecule has 4 heteroatoms. The molecule has 0 heterocycles. The molecule has 0 aliphatic rings. The van der Waals surface area contributed by atoms with Gasteiger partial charge in [-0.25, -0.2) is 0 Å². The largest absolute Gasteiger partial charge is 0.350 e. The molecule has 1 amide bonds. The van der Waals surface area contributed by atoms with Crippen LogP contribution in [0.5, 0.6) is 0 Å².